The molecule has 0 aliphatic carbocycles. The number of hydrogen-bond acceptors (Lipinski definition) is 3. The Morgan fingerprint density at radius 1 is 1.42 bits per heavy atom. The summed E-state index contributed by atoms with van der Waals surface area (Å²) in [6.45, 7) is 0. The number of carboxylic acids is 1. The zero-order chi connectivity index (χ0) is 13.4. The first-order valence-electron chi connectivity index (χ1n) is 5.98. The quantitative estimate of drug-likeness (QED) is 0.718. The number of nitrogens with one attached hydrogen (secondary N) is 1. The van der Waals surface area contributed by atoms with Crippen molar-refractivity contribution in [1.29, 1.82) is 0 Å². The maximum Gasteiger partial charge on any atom is 0.157 e. The van der Waals surface area contributed by atoms with Crippen molar-refractivity contribution in [3.05, 3.63) is 53.4 Å². The fourth-order valence-corrected chi connectivity index (χ4v) is 2.48. The van der Waals surface area contributed by atoms with Gasteiger partial charge in [-0.05, 0) is 24.3 Å². The number of imidazole rings is 1. The summed E-state index contributed by atoms with van der Waals surface area (Å²) >= 11 is 0. The molecule has 1 aromatic heterocycles. The van der Waals surface area contributed by atoms with E-state index in [-0.39, 0.29) is 11.9 Å². The van der Waals surface area contributed by atoms with Crippen LogP contribution in [0.1, 0.15) is 23.0 Å². The van der Waals surface area contributed by atoms with E-state index in [2.05, 4.69) is 9.97 Å². The van der Waals surface area contributed by atoms with Crippen molar-refractivity contribution < 1.29 is 19.6 Å². The number of nitrogens with zero attached hydrogens (tertiary/aromatic N) is 1. The van der Waals surface area contributed by atoms with Crippen molar-refractivity contribution in [3.63, 3.8) is 0 Å². The van der Waals surface area contributed by atoms with Crippen LogP contribution >= 0.6 is 0 Å². The first-order valence-corrected chi connectivity index (χ1v) is 5.98. The lowest BCUT2D eigenvalue weighted by Crippen LogP contribution is -2.95. The number of benzene rings is 1. The van der Waals surface area contributed by atoms with Crippen LogP contribution in [0.5, 0.6) is 0 Å². The maximum atomic E-state index is 13.0. The largest absolute Gasteiger partial charge is 0.544 e. The molecule has 0 bridgehead atoms. The van der Waals surface area contributed by atoms with Crippen LogP contribution in [-0.2, 0) is 11.2 Å². The van der Waals surface area contributed by atoms with Gasteiger partial charge < -0.3 is 20.2 Å². The van der Waals surface area contributed by atoms with Gasteiger partial charge in [-0.15, -0.1) is 0 Å². The van der Waals surface area contributed by atoms with Gasteiger partial charge in [0.25, 0.3) is 0 Å². The van der Waals surface area contributed by atoms with E-state index in [0.29, 0.717) is 6.42 Å². The predicted octanol–water partition coefficient (Wildman–Crippen LogP) is -1.12. The second-order valence-electron chi connectivity index (χ2n) is 4.62. The highest BCUT2D eigenvalue weighted by atomic mass is 19.1. The van der Waals surface area contributed by atoms with Crippen molar-refractivity contribution in [2.75, 3.05) is 0 Å². The lowest BCUT2D eigenvalue weighted by molar-refractivity contribution is -0.717. The Kier molecular flexibility index (Phi) is 2.79. The van der Waals surface area contributed by atoms with E-state index in [9.17, 15) is 14.3 Å². The third-order valence-corrected chi connectivity index (χ3v) is 3.43. The Morgan fingerprint density at radius 3 is 2.84 bits per heavy atom. The van der Waals surface area contributed by atoms with Crippen molar-refractivity contribution in [2.24, 2.45) is 0 Å². The smallest absolute Gasteiger partial charge is 0.157 e. The molecule has 3 N–H and O–H groups in total. The van der Waals surface area contributed by atoms with Crippen LogP contribution in [0.2, 0.25) is 0 Å². The normalized spacial score (nSPS) is 21.9. The van der Waals surface area contributed by atoms with Crippen LogP contribution in [0.15, 0.2) is 30.6 Å². The number of hydrogen-bond donors (Lipinski definition) is 2. The highest BCUT2D eigenvalue weighted by Gasteiger charge is 2.33. The minimum absolute atomic E-state index is 0.251. The second-order valence-corrected chi connectivity index (χ2v) is 4.62. The fourth-order valence-electron chi connectivity index (χ4n) is 2.48. The summed E-state index contributed by atoms with van der Waals surface area (Å²) in [7, 11) is 0. The highest BCUT2D eigenvalue weighted by molar-refractivity contribution is 5.70. The van der Waals surface area contributed by atoms with Gasteiger partial charge in [-0.1, -0.05) is 0 Å². The monoisotopic (exact) mass is 261 g/mol. The Balaban J connectivity index is 2.00. The molecule has 19 heavy (non-hydrogen) atoms. The number of aromatic amines is 1. The molecule has 0 saturated carbocycles. The molecule has 0 radical (unpaired) electrons. The molecular formula is C13H12FN3O2. The number of quaternary nitrogens is 1. The summed E-state index contributed by atoms with van der Waals surface area (Å²) in [6, 6.07) is 5.09. The molecule has 2 atom stereocenters. The molecule has 0 fully saturated rings. The Morgan fingerprint density at radius 2 is 2.16 bits per heavy atom. The van der Waals surface area contributed by atoms with Crippen LogP contribution in [-0.4, -0.2) is 22.0 Å². The molecule has 98 valence electrons. The van der Waals surface area contributed by atoms with Gasteiger partial charge in [0.15, 0.2) is 6.04 Å². The van der Waals surface area contributed by atoms with Gasteiger partial charge in [-0.2, -0.15) is 0 Å². The summed E-state index contributed by atoms with van der Waals surface area (Å²) in [5.41, 5.74) is 2.41. The van der Waals surface area contributed by atoms with Crippen LogP contribution in [0.4, 0.5) is 4.39 Å². The van der Waals surface area contributed by atoms with Crippen molar-refractivity contribution in [1.82, 2.24) is 9.97 Å². The van der Waals surface area contributed by atoms with E-state index < -0.39 is 12.0 Å². The number of rotatable bonds is 2. The minimum atomic E-state index is -1.10. The fraction of sp³-hybridized carbons (Fsp3) is 0.231. The lowest BCUT2D eigenvalue weighted by atomic mass is 9.94. The molecule has 5 nitrogen and oxygen atoms in total. The number of aromatic nitrogens is 2. The number of carbonyl (C=O) groups excluding carboxylic acids is 1. The number of fused-ring (bicyclic) bond motifs is 1. The van der Waals surface area contributed by atoms with Gasteiger partial charge in [0, 0.05) is 12.0 Å². The maximum absolute atomic E-state index is 13.0. The molecule has 2 heterocycles. The predicted molar refractivity (Wildman–Crippen MR) is 61.3 cm³/mol. The SMILES string of the molecule is O=C([O-])[C@@H]1Cc2[nH]cnc2[C@H](c2ccc(F)cc2)[NH2+]1. The van der Waals surface area contributed by atoms with Gasteiger partial charge in [0.2, 0.25) is 0 Å². The van der Waals surface area contributed by atoms with Gasteiger partial charge >= 0.3 is 0 Å². The van der Waals surface area contributed by atoms with Crippen LogP contribution < -0.4 is 10.4 Å². The van der Waals surface area contributed by atoms with E-state index >= 15 is 0 Å². The van der Waals surface area contributed by atoms with E-state index in [1.54, 1.807) is 23.8 Å². The third-order valence-electron chi connectivity index (χ3n) is 3.43. The van der Waals surface area contributed by atoms with E-state index in [1.165, 1.54) is 12.1 Å². The van der Waals surface area contributed by atoms with Crippen LogP contribution in [0.25, 0.3) is 0 Å². The number of H-pyrrole nitrogens is 1. The van der Waals surface area contributed by atoms with E-state index in [0.717, 1.165) is 17.0 Å². The first kappa shape index (κ1) is 11.9. The number of nitrogens with two attached hydrogens (primary N) is 1. The number of halogens is 1. The molecule has 1 aliphatic rings. The Bertz CT molecular complexity index is 609. The molecule has 2 aromatic rings. The standard InChI is InChI=1S/C13H12FN3O2/c14-8-3-1-7(2-4-8)11-12-9(15-6-16-12)5-10(17-11)13(18)19/h1-4,6,10-11,17H,5H2,(H,15,16)(H,18,19)/t10-,11-/m0/s1. The molecule has 0 amide bonds. The molecule has 6 heteroatoms. The summed E-state index contributed by atoms with van der Waals surface area (Å²) in [4.78, 5) is 18.3. The molecule has 1 aromatic carbocycles. The number of carbonyl (C=O) groups is 1. The second kappa shape index (κ2) is 4.47. The number of aliphatic carboxylic acids is 1. The summed E-state index contributed by atoms with van der Waals surface area (Å²) in [5, 5.41) is 12.8. The molecule has 1 aliphatic heterocycles. The van der Waals surface area contributed by atoms with E-state index in [1.807, 2.05) is 0 Å². The average molecular weight is 261 g/mol. The zero-order valence-corrected chi connectivity index (χ0v) is 9.97. The van der Waals surface area contributed by atoms with Gasteiger partial charge in [0.05, 0.1) is 18.0 Å². The third kappa shape index (κ3) is 2.10. The number of carboxylic acid groups (broad SMARTS) is 1. The van der Waals surface area contributed by atoms with Crippen molar-refractivity contribution in [2.45, 2.75) is 18.5 Å². The van der Waals surface area contributed by atoms with Gasteiger partial charge in [-0.3, -0.25) is 0 Å². The van der Waals surface area contributed by atoms with E-state index in [4.69, 9.17) is 0 Å². The minimum Gasteiger partial charge on any atom is -0.544 e. The molecule has 0 unspecified atom stereocenters. The molecule has 0 spiro atoms. The first-order chi connectivity index (χ1) is 9.15. The van der Waals surface area contributed by atoms with Crippen LogP contribution in [0, 0.1) is 5.82 Å². The lowest BCUT2D eigenvalue weighted by Gasteiger charge is -2.27. The van der Waals surface area contributed by atoms with Crippen LogP contribution in [0.3, 0.4) is 0 Å². The van der Waals surface area contributed by atoms with Crippen molar-refractivity contribution >= 4 is 5.97 Å². The molecule has 3 rings (SSSR count). The summed E-state index contributed by atoms with van der Waals surface area (Å²) in [6.07, 6.45) is 1.90. The zero-order valence-electron chi connectivity index (χ0n) is 9.97. The Hall–Kier alpha value is -2.21. The summed E-state index contributed by atoms with van der Waals surface area (Å²) in [5.74, 6) is -1.43. The van der Waals surface area contributed by atoms with Crippen molar-refractivity contribution in [3.8, 4) is 0 Å². The van der Waals surface area contributed by atoms with Gasteiger partial charge in [-0.25, -0.2) is 9.37 Å². The van der Waals surface area contributed by atoms with Gasteiger partial charge in [0.1, 0.15) is 17.6 Å². The average Bonchev–Trinajstić information content (AvgIpc) is 2.86. The Labute approximate surface area is 108 Å². The topological polar surface area (TPSA) is 85.4 Å². The highest BCUT2D eigenvalue weighted by Crippen LogP contribution is 2.23. The summed E-state index contributed by atoms with van der Waals surface area (Å²) < 4.78 is 13.0. The molecular weight excluding hydrogens is 249 g/mol. The molecule has 0 saturated heterocycles.